The lowest BCUT2D eigenvalue weighted by molar-refractivity contribution is -0.149. The normalized spacial score (nSPS) is 12.4. The van der Waals surface area contributed by atoms with Crippen LogP contribution in [-0.2, 0) is 16.1 Å². The molecule has 0 aliphatic rings. The number of nitrogens with two attached hydrogens (primary N) is 1. The number of rotatable bonds is 8. The van der Waals surface area contributed by atoms with Crippen LogP contribution in [0.15, 0.2) is 30.3 Å². The summed E-state index contributed by atoms with van der Waals surface area (Å²) in [5, 5.41) is 0. The summed E-state index contributed by atoms with van der Waals surface area (Å²) in [6.45, 7) is 6.29. The van der Waals surface area contributed by atoms with Crippen molar-refractivity contribution >= 4 is 5.97 Å². The number of nitrogens with zero attached hydrogens (tertiary/aromatic N) is 1. The second kappa shape index (κ2) is 8.67. The Kier molecular flexibility index (Phi) is 7.15. The molecular formula is C15H24N2O2. The number of hydrogen-bond acceptors (Lipinski definition) is 4. The highest BCUT2D eigenvalue weighted by Gasteiger charge is 2.21. The number of esters is 1. The minimum atomic E-state index is -0.244. The van der Waals surface area contributed by atoms with Crippen molar-refractivity contribution in [3.63, 3.8) is 0 Å². The van der Waals surface area contributed by atoms with E-state index in [0.717, 1.165) is 19.5 Å². The van der Waals surface area contributed by atoms with Gasteiger partial charge in [-0.05, 0) is 32.4 Å². The Balaban J connectivity index is 2.68. The van der Waals surface area contributed by atoms with Crippen LogP contribution in [0.3, 0.4) is 0 Å². The summed E-state index contributed by atoms with van der Waals surface area (Å²) in [4.78, 5) is 14.0. The zero-order valence-corrected chi connectivity index (χ0v) is 11.8. The molecule has 0 saturated carbocycles. The minimum Gasteiger partial charge on any atom is -0.465 e. The van der Waals surface area contributed by atoms with Gasteiger partial charge in [-0.25, -0.2) is 0 Å². The maximum atomic E-state index is 11.8. The largest absolute Gasteiger partial charge is 0.465 e. The molecule has 0 amide bonds. The molecule has 1 aromatic rings. The Labute approximate surface area is 115 Å². The Hall–Kier alpha value is -1.39. The lowest BCUT2D eigenvalue weighted by Crippen LogP contribution is -2.40. The summed E-state index contributed by atoms with van der Waals surface area (Å²) in [5.41, 5.74) is 6.75. The molecule has 0 spiro atoms. The quantitative estimate of drug-likeness (QED) is 0.727. The van der Waals surface area contributed by atoms with Gasteiger partial charge >= 0.3 is 5.97 Å². The van der Waals surface area contributed by atoms with E-state index in [9.17, 15) is 4.79 Å². The van der Waals surface area contributed by atoms with E-state index < -0.39 is 0 Å². The molecule has 106 valence electrons. The fourth-order valence-corrected chi connectivity index (χ4v) is 1.93. The summed E-state index contributed by atoms with van der Waals surface area (Å²) in [6, 6.07) is 9.88. The summed E-state index contributed by atoms with van der Waals surface area (Å²) >= 11 is 0. The predicted octanol–water partition coefficient (Wildman–Crippen LogP) is 1.79. The van der Waals surface area contributed by atoms with Crippen molar-refractivity contribution in [2.75, 3.05) is 19.7 Å². The van der Waals surface area contributed by atoms with Gasteiger partial charge < -0.3 is 10.5 Å². The lowest BCUT2D eigenvalue weighted by atomic mass is 10.1. The van der Waals surface area contributed by atoms with E-state index >= 15 is 0 Å². The summed E-state index contributed by atoms with van der Waals surface area (Å²) in [6.07, 6.45) is 0.872. The van der Waals surface area contributed by atoms with Gasteiger partial charge in [0.1, 0.15) is 6.04 Å². The molecule has 2 N–H and O–H groups in total. The van der Waals surface area contributed by atoms with Gasteiger partial charge in [-0.15, -0.1) is 0 Å². The monoisotopic (exact) mass is 264 g/mol. The topological polar surface area (TPSA) is 55.6 Å². The fourth-order valence-electron chi connectivity index (χ4n) is 1.93. The minimum absolute atomic E-state index is 0.171. The molecule has 0 radical (unpaired) electrons. The van der Waals surface area contributed by atoms with Crippen molar-refractivity contribution in [1.29, 1.82) is 0 Å². The van der Waals surface area contributed by atoms with Crippen molar-refractivity contribution in [3.8, 4) is 0 Å². The molecule has 0 heterocycles. The van der Waals surface area contributed by atoms with E-state index in [4.69, 9.17) is 10.5 Å². The van der Waals surface area contributed by atoms with Crippen LogP contribution in [-0.4, -0.2) is 36.6 Å². The summed E-state index contributed by atoms with van der Waals surface area (Å²) in [5.74, 6) is -0.171. The van der Waals surface area contributed by atoms with Gasteiger partial charge in [0.25, 0.3) is 0 Å². The second-order valence-corrected chi connectivity index (χ2v) is 4.53. The number of benzene rings is 1. The molecule has 19 heavy (non-hydrogen) atoms. The Morgan fingerprint density at radius 3 is 2.63 bits per heavy atom. The molecule has 1 atom stereocenters. The number of ether oxygens (including phenoxy) is 1. The first-order valence-corrected chi connectivity index (χ1v) is 6.83. The van der Waals surface area contributed by atoms with Gasteiger partial charge in [0, 0.05) is 13.1 Å². The highest BCUT2D eigenvalue weighted by molar-refractivity contribution is 5.75. The second-order valence-electron chi connectivity index (χ2n) is 4.53. The van der Waals surface area contributed by atoms with Gasteiger partial charge in [0.2, 0.25) is 0 Å². The van der Waals surface area contributed by atoms with Crippen LogP contribution in [0.25, 0.3) is 0 Å². The van der Waals surface area contributed by atoms with Crippen LogP contribution in [0.5, 0.6) is 0 Å². The molecule has 0 saturated heterocycles. The molecule has 1 aromatic carbocycles. The molecule has 0 fully saturated rings. The van der Waals surface area contributed by atoms with Crippen molar-refractivity contribution in [2.24, 2.45) is 5.73 Å². The average Bonchev–Trinajstić information content (AvgIpc) is 2.44. The van der Waals surface area contributed by atoms with Crippen molar-refractivity contribution in [1.82, 2.24) is 4.90 Å². The Bertz CT molecular complexity index is 368. The van der Waals surface area contributed by atoms with E-state index in [2.05, 4.69) is 17.0 Å². The van der Waals surface area contributed by atoms with Gasteiger partial charge in [-0.1, -0.05) is 30.3 Å². The van der Waals surface area contributed by atoms with Crippen LogP contribution in [0.1, 0.15) is 25.8 Å². The number of carbonyl (C=O) groups is 1. The molecule has 1 rings (SSSR count). The van der Waals surface area contributed by atoms with Crippen LogP contribution in [0.4, 0.5) is 0 Å². The van der Waals surface area contributed by atoms with Gasteiger partial charge in [-0.2, -0.15) is 0 Å². The molecule has 0 aliphatic heterocycles. The first kappa shape index (κ1) is 15.7. The van der Waals surface area contributed by atoms with E-state index in [0.29, 0.717) is 13.2 Å². The third-order valence-corrected chi connectivity index (χ3v) is 3.05. The van der Waals surface area contributed by atoms with E-state index in [1.165, 1.54) is 5.56 Å². The first-order valence-electron chi connectivity index (χ1n) is 6.83. The molecule has 0 aromatic heterocycles. The zero-order chi connectivity index (χ0) is 14.1. The Morgan fingerprint density at radius 2 is 2.05 bits per heavy atom. The van der Waals surface area contributed by atoms with Crippen LogP contribution >= 0.6 is 0 Å². The van der Waals surface area contributed by atoms with Gasteiger partial charge in [-0.3, -0.25) is 9.69 Å². The highest BCUT2D eigenvalue weighted by Crippen LogP contribution is 2.10. The van der Waals surface area contributed by atoms with Gasteiger partial charge in [0.05, 0.1) is 6.61 Å². The fraction of sp³-hybridized carbons (Fsp3) is 0.533. The Morgan fingerprint density at radius 1 is 1.37 bits per heavy atom. The summed E-state index contributed by atoms with van der Waals surface area (Å²) < 4.78 is 5.09. The maximum Gasteiger partial charge on any atom is 0.323 e. The van der Waals surface area contributed by atoms with Crippen LogP contribution in [0.2, 0.25) is 0 Å². The molecule has 4 heteroatoms. The van der Waals surface area contributed by atoms with Crippen LogP contribution in [0, 0.1) is 0 Å². The number of hydrogen-bond donors (Lipinski definition) is 1. The van der Waals surface area contributed by atoms with Crippen molar-refractivity contribution in [2.45, 2.75) is 32.9 Å². The average molecular weight is 264 g/mol. The molecule has 1 unspecified atom stereocenters. The first-order chi connectivity index (χ1) is 9.19. The molecular weight excluding hydrogens is 240 g/mol. The predicted molar refractivity (Wildman–Crippen MR) is 76.6 cm³/mol. The third-order valence-electron chi connectivity index (χ3n) is 3.05. The van der Waals surface area contributed by atoms with Gasteiger partial charge in [0.15, 0.2) is 0 Å². The zero-order valence-electron chi connectivity index (χ0n) is 11.8. The highest BCUT2D eigenvalue weighted by atomic mass is 16.5. The third kappa shape index (κ3) is 5.41. The SMILES string of the molecule is CCOC(=O)C(C)N(CCCN)Cc1ccccc1. The van der Waals surface area contributed by atoms with E-state index in [1.807, 2.05) is 32.0 Å². The van der Waals surface area contributed by atoms with E-state index in [1.54, 1.807) is 0 Å². The lowest BCUT2D eigenvalue weighted by Gasteiger charge is -2.27. The van der Waals surface area contributed by atoms with Crippen molar-refractivity contribution < 1.29 is 9.53 Å². The molecule has 4 nitrogen and oxygen atoms in total. The standard InChI is InChI=1S/C15H24N2O2/c1-3-19-15(18)13(2)17(11-7-10-16)12-14-8-5-4-6-9-14/h4-6,8-9,13H,3,7,10-12,16H2,1-2H3. The smallest absolute Gasteiger partial charge is 0.323 e. The number of carbonyl (C=O) groups excluding carboxylic acids is 1. The van der Waals surface area contributed by atoms with Crippen molar-refractivity contribution in [3.05, 3.63) is 35.9 Å². The maximum absolute atomic E-state index is 11.8. The van der Waals surface area contributed by atoms with Crippen LogP contribution < -0.4 is 5.73 Å². The molecule has 0 bridgehead atoms. The van der Waals surface area contributed by atoms with E-state index in [-0.39, 0.29) is 12.0 Å². The summed E-state index contributed by atoms with van der Waals surface area (Å²) in [7, 11) is 0. The molecule has 0 aliphatic carbocycles.